The summed E-state index contributed by atoms with van der Waals surface area (Å²) in [5.41, 5.74) is 18.0. The van der Waals surface area contributed by atoms with Crippen molar-refractivity contribution >= 4 is 295 Å². The lowest BCUT2D eigenvalue weighted by Gasteiger charge is -2.19. The second-order valence-electron chi connectivity index (χ2n) is 30.6. The van der Waals surface area contributed by atoms with Gasteiger partial charge in [-0.3, -0.25) is 54.1 Å². The van der Waals surface area contributed by atoms with Gasteiger partial charge in [0.2, 0.25) is 0 Å². The first kappa shape index (κ1) is 129. The molecule has 11 rings (SSSR count). The first-order chi connectivity index (χ1) is 63.6. The largest absolute Gasteiger partial charge is 0.496 e. The summed E-state index contributed by atoms with van der Waals surface area (Å²) < 4.78 is 5.31. The summed E-state index contributed by atoms with van der Waals surface area (Å²) in [5, 5.41) is 88.2. The van der Waals surface area contributed by atoms with E-state index in [1.165, 1.54) is 114 Å². The molecule has 11 aromatic rings. The number of fused-ring (bicyclic) bond motifs is 1. The Morgan fingerprint density at radius 2 is 0.603 bits per heavy atom. The number of nitrogens with one attached hydrogen (secondary N) is 10. The number of methoxy groups -OCH3 is 1. The highest BCUT2D eigenvalue weighted by molar-refractivity contribution is 8.15. The number of halogens is 10. The molecular formula is C105H126Cl10N10OS10. The van der Waals surface area contributed by atoms with Crippen molar-refractivity contribution in [3.8, 4) is 5.75 Å². The molecule has 11 aromatic carbocycles. The monoisotopic (exact) mass is 2210 g/mol. The zero-order valence-corrected chi connectivity index (χ0v) is 95.1. The molecule has 732 valence electrons. The molecule has 0 saturated heterocycles. The minimum Gasteiger partial charge on any atom is -0.496 e. The fourth-order valence-corrected chi connectivity index (χ4v) is 19.7. The smallest absolute Gasteiger partial charge is 0.122 e. The molecule has 0 unspecified atom stereocenters. The van der Waals surface area contributed by atoms with Gasteiger partial charge in [-0.2, -0.15) is 0 Å². The third-order valence-electron chi connectivity index (χ3n) is 17.7. The Balaban J connectivity index is 0.000000756. The molecule has 0 saturated carbocycles. The Kier molecular flexibility index (Phi) is 68.0. The number of aryl methyl sites for hydroxylation is 3. The van der Waals surface area contributed by atoms with E-state index in [-0.39, 0.29) is 12.8 Å². The summed E-state index contributed by atoms with van der Waals surface area (Å²) in [6.45, 7) is 33.1. The van der Waals surface area contributed by atoms with E-state index in [0.29, 0.717) is 107 Å². The molecule has 0 heterocycles. The lowest BCUT2D eigenvalue weighted by molar-refractivity contribution is 0.411. The molecule has 0 amide bonds. The Hall–Kier alpha value is -5.42. The van der Waals surface area contributed by atoms with Crippen molar-refractivity contribution in [1.82, 2.24) is 0 Å². The van der Waals surface area contributed by atoms with Gasteiger partial charge in [-0.05, 0) is 240 Å². The first-order valence-electron chi connectivity index (χ1n) is 41.9. The van der Waals surface area contributed by atoms with Gasteiger partial charge in [0.1, 0.15) is 5.75 Å². The van der Waals surface area contributed by atoms with Crippen LogP contribution in [0.1, 0.15) is 187 Å². The zero-order valence-electron chi connectivity index (χ0n) is 79.3. The van der Waals surface area contributed by atoms with Gasteiger partial charge in [0, 0.05) is 113 Å². The Bertz CT molecular complexity index is 5540. The van der Waals surface area contributed by atoms with E-state index in [9.17, 15) is 0 Å². The molecular weight excluding hydrogens is 2090 g/mol. The lowest BCUT2D eigenvalue weighted by Crippen LogP contribution is -2.10. The van der Waals surface area contributed by atoms with Crippen molar-refractivity contribution in [2.24, 2.45) is 0 Å². The second kappa shape index (κ2) is 71.9. The van der Waals surface area contributed by atoms with Crippen LogP contribution in [0.4, 0.5) is 0 Å². The highest BCUT2D eigenvalue weighted by Crippen LogP contribution is 2.36. The molecule has 0 spiro atoms. The van der Waals surface area contributed by atoms with Crippen LogP contribution in [0, 0.1) is 81.8 Å². The van der Waals surface area contributed by atoms with Gasteiger partial charge >= 0.3 is 0 Å². The molecule has 11 nitrogen and oxygen atoms in total. The highest BCUT2D eigenvalue weighted by Gasteiger charge is 2.15. The van der Waals surface area contributed by atoms with Crippen molar-refractivity contribution in [3.05, 3.63) is 352 Å². The summed E-state index contributed by atoms with van der Waals surface area (Å²) in [7, 11) is 1.69. The molecule has 0 fully saturated rings. The maximum absolute atomic E-state index is 7.49. The predicted octanol–water partition coefficient (Wildman–Crippen LogP) is 40.4. The van der Waals surface area contributed by atoms with Gasteiger partial charge in [-0.25, -0.2) is 0 Å². The molecule has 10 N–H and O–H groups in total. The Labute approximate surface area is 903 Å². The molecule has 136 heavy (non-hydrogen) atoms. The Morgan fingerprint density at radius 3 is 0.971 bits per heavy atom. The summed E-state index contributed by atoms with van der Waals surface area (Å²) in [4.78, 5) is 0. The van der Waals surface area contributed by atoms with Gasteiger partial charge in [0.15, 0.2) is 0 Å². The lowest BCUT2D eigenvalue weighted by atomic mass is 9.87. The van der Waals surface area contributed by atoms with Crippen molar-refractivity contribution < 1.29 is 4.74 Å². The molecule has 0 radical (unpaired) electrons. The minimum absolute atomic E-state index is 0. The van der Waals surface area contributed by atoms with Crippen LogP contribution in [0.3, 0.4) is 0 Å². The Morgan fingerprint density at radius 1 is 0.287 bits per heavy atom. The van der Waals surface area contributed by atoms with Crippen molar-refractivity contribution in [2.45, 2.75) is 194 Å². The number of rotatable bonds is 22. The highest BCUT2D eigenvalue weighted by atomic mass is 35.5. The van der Waals surface area contributed by atoms with Crippen molar-refractivity contribution in [2.75, 3.05) is 7.11 Å². The van der Waals surface area contributed by atoms with Crippen LogP contribution < -0.4 is 4.74 Å². The van der Waals surface area contributed by atoms with Crippen LogP contribution in [0.2, 0.25) is 50.2 Å². The van der Waals surface area contributed by atoms with Crippen LogP contribution >= 0.6 is 234 Å². The molecule has 0 aliphatic heterocycles. The van der Waals surface area contributed by atoms with E-state index in [4.69, 9.17) is 175 Å². The van der Waals surface area contributed by atoms with E-state index in [2.05, 4.69) is 152 Å². The average molecular weight is 2220 g/mol. The summed E-state index contributed by atoms with van der Waals surface area (Å²) in [6, 6.07) is 71.7. The number of hydrogen-bond acceptors (Lipinski definition) is 21. The van der Waals surface area contributed by atoms with Crippen molar-refractivity contribution in [1.29, 1.82) is 54.1 Å². The topological polar surface area (TPSA) is 248 Å². The van der Waals surface area contributed by atoms with Crippen LogP contribution in [0.25, 0.3) is 10.8 Å². The van der Waals surface area contributed by atoms with E-state index in [1.54, 1.807) is 123 Å². The summed E-state index contributed by atoms with van der Waals surface area (Å²) >= 11 is 74.4. The normalized spacial score (nSPS) is 10.2. The third-order valence-corrected chi connectivity index (χ3v) is 30.0. The molecule has 0 bridgehead atoms. The summed E-state index contributed by atoms with van der Waals surface area (Å²) in [6.07, 6.45) is 0.774. The molecule has 0 aliphatic rings. The van der Waals surface area contributed by atoms with E-state index >= 15 is 0 Å². The second-order valence-corrected chi connectivity index (χ2v) is 46.5. The SMILES string of the molecule is C.CC(=N)SCc1c(Cl)cc(Cl)cc1Cl.CC(=N)SCc1c(Cl)cccc1Cl.CC(=N)SCc1ccc(C(C)(C)C)cc1.CC(=N)SCc1ccc(C)cc1.CC(=N)SCc1ccc(C)cc1.CC(=N)SCc1ccc(Cl)c2ccccc12.CC(=N)SCc1ccc(Cl)cc1Cl.CC(=N)SCc1ccccc1.CCC(=N)SCc1ccc(Cl)cc1Cl.COc1cc(CSC(C)=N)cc(C)c1C. The average Bonchev–Trinajstić information content (AvgIpc) is 0.809. The number of ether oxygens (including phenoxy) is 1. The van der Waals surface area contributed by atoms with Gasteiger partial charge in [0.05, 0.1) is 57.5 Å². The predicted molar refractivity (Wildman–Crippen MR) is 635 cm³/mol. The van der Waals surface area contributed by atoms with E-state index < -0.39 is 0 Å². The summed E-state index contributed by atoms with van der Waals surface area (Å²) in [5.74, 6) is 8.97. The molecule has 0 aromatic heterocycles. The number of benzene rings is 11. The zero-order chi connectivity index (χ0) is 101. The molecule has 0 atom stereocenters. The van der Waals surface area contributed by atoms with Gasteiger partial charge < -0.3 is 4.74 Å². The quantitative estimate of drug-likeness (QED) is 0.0226. The number of thioether (sulfide) groups is 10. The van der Waals surface area contributed by atoms with E-state index in [0.717, 1.165) is 90.9 Å². The first-order valence-corrected chi connectivity index (χ1v) is 55.6. The van der Waals surface area contributed by atoms with Crippen LogP contribution in [-0.4, -0.2) is 57.5 Å². The standard InChI is InChI=1S/C13H12ClNS.C13H19NS.C12H17NOS.C10H11Cl2NS.2C10H13NS.C9H8Cl3NS.2C9H9Cl2NS.C9H11NS.CH4/c1-9(15)16-8-10-6-7-13(14)12-5-3-2-4-11(10)12;1-10(14)15-9-11-5-7-12(8-6-11)13(2,3)4;1-8-5-11(7-15-10(3)13)6-12(14-4)9(8)2;1-2-10(13)14-6-7-3-4-8(11)5-9(7)12;2*1-8-3-5-10(6-4-8)7-12-9(2)11;1-5(13)14-4-7-8(11)2-6(10)3-9(7)12;1-6(12)13-5-7-2-3-8(10)4-9(7)11;1-6(12)13-5-7-8(10)3-2-4-9(7)11;1-8(10)11-7-9-5-3-2-4-6-9;/h2-7,15H,8H2,1H3;5-8,14H,9H2,1-4H3;5-6,13H,7H2,1-4H3;3-5,13H,2,6H2,1H3;2*3-6,11H,7H2,1-2H3;2-3,13H,4H2,1H3;2*2-4,12H,5H2,1H3;2-6,10H,7H2,1H3;1H4. The van der Waals surface area contributed by atoms with Crippen LogP contribution in [0.5, 0.6) is 5.75 Å². The number of hydrogen-bond donors (Lipinski definition) is 10. The van der Waals surface area contributed by atoms with Crippen LogP contribution in [0.15, 0.2) is 218 Å². The maximum Gasteiger partial charge on any atom is 0.122 e. The van der Waals surface area contributed by atoms with E-state index in [1.807, 2.05) is 139 Å². The maximum atomic E-state index is 7.49. The third kappa shape index (κ3) is 58.9. The van der Waals surface area contributed by atoms with Crippen molar-refractivity contribution in [3.63, 3.8) is 0 Å². The fraction of sp³-hybridized carbons (Fsp3) is 0.295. The van der Waals surface area contributed by atoms with Gasteiger partial charge in [-0.1, -0.05) is 320 Å². The van der Waals surface area contributed by atoms with Gasteiger partial charge in [0.25, 0.3) is 0 Å². The molecule has 0 aliphatic carbocycles. The molecule has 31 heteroatoms. The fourth-order valence-electron chi connectivity index (χ4n) is 10.3. The minimum atomic E-state index is 0. The van der Waals surface area contributed by atoms with Crippen LogP contribution in [-0.2, 0) is 62.9 Å². The van der Waals surface area contributed by atoms with Gasteiger partial charge in [-0.15, -0.1) is 118 Å².